The minimum atomic E-state index is -0.177. The number of urea groups is 1. The van der Waals surface area contributed by atoms with Gasteiger partial charge in [-0.25, -0.2) is 4.79 Å². The first-order chi connectivity index (χ1) is 10.1. The molecule has 2 rings (SSSR count). The molecule has 1 aliphatic heterocycles. The zero-order valence-corrected chi connectivity index (χ0v) is 14.8. The minimum Gasteiger partial charge on any atom is -0.396 e. The van der Waals surface area contributed by atoms with E-state index in [-0.39, 0.29) is 41.2 Å². The number of carbonyl (C=O) groups excluding carboxylic acids is 1. The van der Waals surface area contributed by atoms with Crippen LogP contribution in [-0.4, -0.2) is 40.9 Å². The standard InChI is InChI=1S/C17H33N3O2/c1-15(2)9-12(10-16(3,4)20-15)18-14(22)19-13-7-6-8-17(13,5)11-21/h12-13,20-21H,6-11H2,1-5H3,(H2,18,19,22). The number of hydrogen-bond donors (Lipinski definition) is 4. The van der Waals surface area contributed by atoms with E-state index in [0.717, 1.165) is 32.1 Å². The van der Waals surface area contributed by atoms with Crippen LogP contribution in [0, 0.1) is 5.41 Å². The van der Waals surface area contributed by atoms with Crippen molar-refractivity contribution in [3.8, 4) is 0 Å². The summed E-state index contributed by atoms with van der Waals surface area (Å²) in [7, 11) is 0. The van der Waals surface area contributed by atoms with Gasteiger partial charge < -0.3 is 21.1 Å². The number of piperidine rings is 1. The van der Waals surface area contributed by atoms with E-state index in [1.807, 2.05) is 0 Å². The molecular weight excluding hydrogens is 278 g/mol. The highest BCUT2D eigenvalue weighted by atomic mass is 16.3. The van der Waals surface area contributed by atoms with Gasteiger partial charge in [-0.1, -0.05) is 13.3 Å². The zero-order chi connectivity index (χ0) is 16.6. The number of carbonyl (C=O) groups is 1. The molecule has 0 bridgehead atoms. The van der Waals surface area contributed by atoms with Crippen LogP contribution in [0.4, 0.5) is 4.79 Å². The van der Waals surface area contributed by atoms with Gasteiger partial charge in [0, 0.05) is 28.6 Å². The zero-order valence-electron chi connectivity index (χ0n) is 14.8. The van der Waals surface area contributed by atoms with E-state index in [1.54, 1.807) is 0 Å². The molecule has 5 nitrogen and oxygen atoms in total. The van der Waals surface area contributed by atoms with Crippen molar-refractivity contribution in [2.24, 2.45) is 5.41 Å². The number of hydrogen-bond acceptors (Lipinski definition) is 3. The maximum absolute atomic E-state index is 12.4. The average Bonchev–Trinajstić information content (AvgIpc) is 2.67. The van der Waals surface area contributed by atoms with Crippen molar-refractivity contribution in [1.29, 1.82) is 0 Å². The van der Waals surface area contributed by atoms with E-state index in [0.29, 0.717) is 0 Å². The van der Waals surface area contributed by atoms with Crippen LogP contribution in [0.15, 0.2) is 0 Å². The molecule has 1 saturated carbocycles. The summed E-state index contributed by atoms with van der Waals surface area (Å²) in [5.41, 5.74) is -0.136. The fourth-order valence-corrected chi connectivity index (χ4v) is 4.48. The molecule has 2 atom stereocenters. The Kier molecular flexibility index (Phi) is 4.79. The quantitative estimate of drug-likeness (QED) is 0.645. The Hall–Kier alpha value is -0.810. The van der Waals surface area contributed by atoms with E-state index in [1.165, 1.54) is 0 Å². The van der Waals surface area contributed by atoms with Crippen molar-refractivity contribution in [3.63, 3.8) is 0 Å². The summed E-state index contributed by atoms with van der Waals surface area (Å²) in [6.07, 6.45) is 4.84. The summed E-state index contributed by atoms with van der Waals surface area (Å²) >= 11 is 0. The number of nitrogens with one attached hydrogen (secondary N) is 3. The van der Waals surface area contributed by atoms with E-state index in [2.05, 4.69) is 50.6 Å². The number of aliphatic hydroxyl groups excluding tert-OH is 1. The number of aliphatic hydroxyl groups is 1. The molecule has 2 amide bonds. The lowest BCUT2D eigenvalue weighted by atomic mass is 9.79. The van der Waals surface area contributed by atoms with Gasteiger partial charge in [0.1, 0.15) is 0 Å². The van der Waals surface area contributed by atoms with E-state index >= 15 is 0 Å². The molecule has 0 radical (unpaired) electrons. The first kappa shape index (κ1) is 17.5. The topological polar surface area (TPSA) is 73.4 Å². The third-order valence-corrected chi connectivity index (χ3v) is 5.27. The Morgan fingerprint density at radius 1 is 1.14 bits per heavy atom. The summed E-state index contributed by atoms with van der Waals surface area (Å²) in [6, 6.07) is 0.151. The first-order valence-corrected chi connectivity index (χ1v) is 8.53. The highest BCUT2D eigenvalue weighted by Gasteiger charge is 2.41. The van der Waals surface area contributed by atoms with Crippen molar-refractivity contribution < 1.29 is 9.90 Å². The van der Waals surface area contributed by atoms with Crippen LogP contribution in [0.2, 0.25) is 0 Å². The summed E-state index contributed by atoms with van der Waals surface area (Å²) in [5, 5.41) is 19.5. The van der Waals surface area contributed by atoms with Gasteiger partial charge >= 0.3 is 6.03 Å². The summed E-state index contributed by atoms with van der Waals surface area (Å²) in [4.78, 5) is 12.4. The van der Waals surface area contributed by atoms with E-state index in [4.69, 9.17) is 0 Å². The van der Waals surface area contributed by atoms with Gasteiger partial charge in [0.2, 0.25) is 0 Å². The summed E-state index contributed by atoms with van der Waals surface area (Å²) < 4.78 is 0. The second kappa shape index (κ2) is 6.00. The maximum Gasteiger partial charge on any atom is 0.315 e. The van der Waals surface area contributed by atoms with Crippen LogP contribution in [0.25, 0.3) is 0 Å². The Balaban J connectivity index is 1.92. The second-order valence-electron chi connectivity index (χ2n) is 8.87. The lowest BCUT2D eigenvalue weighted by Gasteiger charge is -2.46. The van der Waals surface area contributed by atoms with Gasteiger partial charge in [0.25, 0.3) is 0 Å². The maximum atomic E-state index is 12.4. The molecule has 5 heteroatoms. The smallest absolute Gasteiger partial charge is 0.315 e. The van der Waals surface area contributed by atoms with Crippen molar-refractivity contribution in [3.05, 3.63) is 0 Å². The second-order valence-corrected chi connectivity index (χ2v) is 8.87. The molecular formula is C17H33N3O2. The summed E-state index contributed by atoms with van der Waals surface area (Å²) in [5.74, 6) is 0. The molecule has 2 aliphatic rings. The van der Waals surface area contributed by atoms with Crippen LogP contribution in [0.1, 0.15) is 66.7 Å². The largest absolute Gasteiger partial charge is 0.396 e. The van der Waals surface area contributed by atoms with Gasteiger partial charge in [0.15, 0.2) is 0 Å². The van der Waals surface area contributed by atoms with Gasteiger partial charge in [-0.15, -0.1) is 0 Å². The fraction of sp³-hybridized carbons (Fsp3) is 0.941. The molecule has 1 heterocycles. The van der Waals surface area contributed by atoms with E-state index < -0.39 is 0 Å². The van der Waals surface area contributed by atoms with Crippen molar-refractivity contribution in [2.45, 2.75) is 89.9 Å². The average molecular weight is 311 g/mol. The molecule has 1 aliphatic carbocycles. The molecule has 1 saturated heterocycles. The molecule has 0 aromatic heterocycles. The number of rotatable bonds is 3. The lowest BCUT2D eigenvalue weighted by molar-refractivity contribution is 0.118. The molecule has 4 N–H and O–H groups in total. The van der Waals surface area contributed by atoms with Gasteiger partial charge in [-0.3, -0.25) is 0 Å². The molecule has 22 heavy (non-hydrogen) atoms. The van der Waals surface area contributed by atoms with Crippen molar-refractivity contribution in [2.75, 3.05) is 6.61 Å². The van der Waals surface area contributed by atoms with Gasteiger partial charge in [0.05, 0.1) is 6.61 Å². The Bertz CT molecular complexity index is 406. The van der Waals surface area contributed by atoms with Crippen LogP contribution in [0.3, 0.4) is 0 Å². The van der Waals surface area contributed by atoms with Crippen LogP contribution < -0.4 is 16.0 Å². The molecule has 0 aromatic carbocycles. The first-order valence-electron chi connectivity index (χ1n) is 8.53. The molecule has 0 aromatic rings. The van der Waals surface area contributed by atoms with Crippen LogP contribution in [-0.2, 0) is 0 Å². The van der Waals surface area contributed by atoms with Crippen molar-refractivity contribution >= 4 is 6.03 Å². The third kappa shape index (κ3) is 4.13. The Morgan fingerprint density at radius 3 is 2.27 bits per heavy atom. The monoisotopic (exact) mass is 311 g/mol. The minimum absolute atomic E-state index is 0.0205. The Morgan fingerprint density at radius 2 is 1.73 bits per heavy atom. The predicted molar refractivity (Wildman–Crippen MR) is 88.8 cm³/mol. The lowest BCUT2D eigenvalue weighted by Crippen LogP contribution is -2.63. The van der Waals surface area contributed by atoms with Gasteiger partial charge in [-0.05, 0) is 53.4 Å². The van der Waals surface area contributed by atoms with Crippen LogP contribution in [0.5, 0.6) is 0 Å². The highest BCUT2D eigenvalue weighted by Crippen LogP contribution is 2.37. The number of amides is 2. The van der Waals surface area contributed by atoms with Crippen LogP contribution >= 0.6 is 0 Å². The third-order valence-electron chi connectivity index (χ3n) is 5.27. The highest BCUT2D eigenvalue weighted by molar-refractivity contribution is 5.74. The molecule has 2 fully saturated rings. The Labute approximate surface area is 134 Å². The molecule has 0 spiro atoms. The van der Waals surface area contributed by atoms with E-state index in [9.17, 15) is 9.90 Å². The van der Waals surface area contributed by atoms with Crippen molar-refractivity contribution in [1.82, 2.24) is 16.0 Å². The normalized spacial score (nSPS) is 34.4. The summed E-state index contributed by atoms with van der Waals surface area (Å²) in [6.45, 7) is 10.9. The fourth-order valence-electron chi connectivity index (χ4n) is 4.48. The molecule has 128 valence electrons. The van der Waals surface area contributed by atoms with Gasteiger partial charge in [-0.2, -0.15) is 0 Å². The SMILES string of the molecule is CC1(C)CC(NC(=O)NC2CCCC2(C)CO)CC(C)(C)N1. The predicted octanol–water partition coefficient (Wildman–Crippen LogP) is 2.15. The molecule has 2 unspecified atom stereocenters.